The topological polar surface area (TPSA) is 63.3 Å². The highest BCUT2D eigenvalue weighted by atomic mass is 16.5. The fourth-order valence-electron chi connectivity index (χ4n) is 0.978. The van der Waals surface area contributed by atoms with Gasteiger partial charge in [-0.1, -0.05) is 18.5 Å². The number of aromatic nitrogens is 1. The van der Waals surface area contributed by atoms with Crippen LogP contribution >= 0.6 is 0 Å². The lowest BCUT2D eigenvalue weighted by Gasteiger charge is -1.93. The molecule has 0 atom stereocenters. The van der Waals surface area contributed by atoms with Crippen molar-refractivity contribution < 1.29 is 14.4 Å². The summed E-state index contributed by atoms with van der Waals surface area (Å²) in [6.07, 6.45) is 4.12. The Morgan fingerprint density at radius 3 is 3.08 bits per heavy atom. The van der Waals surface area contributed by atoms with Crippen molar-refractivity contribution in [3.05, 3.63) is 17.5 Å². The first kappa shape index (κ1) is 8.77. The number of hydrogen-bond donors (Lipinski definition) is 1. The van der Waals surface area contributed by atoms with Crippen LogP contribution in [0.25, 0.3) is 0 Å². The van der Waals surface area contributed by atoms with E-state index in [4.69, 9.17) is 5.11 Å². The van der Waals surface area contributed by atoms with Crippen LogP contribution in [-0.4, -0.2) is 16.2 Å². The molecule has 0 bridgehead atoms. The summed E-state index contributed by atoms with van der Waals surface area (Å²) >= 11 is 0. The van der Waals surface area contributed by atoms with Gasteiger partial charge in [0.1, 0.15) is 6.26 Å². The Morgan fingerprint density at radius 2 is 2.50 bits per heavy atom. The zero-order valence-electron chi connectivity index (χ0n) is 6.91. The minimum absolute atomic E-state index is 0.0449. The van der Waals surface area contributed by atoms with Crippen molar-refractivity contribution in [1.82, 2.24) is 5.16 Å². The van der Waals surface area contributed by atoms with Crippen LogP contribution in [0, 0.1) is 0 Å². The quantitative estimate of drug-likeness (QED) is 0.745. The highest BCUT2D eigenvalue weighted by Gasteiger charge is 2.13. The summed E-state index contributed by atoms with van der Waals surface area (Å²) in [5, 5.41) is 12.0. The number of hydrogen-bond acceptors (Lipinski definition) is 3. The lowest BCUT2D eigenvalue weighted by molar-refractivity contribution is 0.0684. The molecule has 0 radical (unpaired) electrons. The van der Waals surface area contributed by atoms with Crippen molar-refractivity contribution in [2.24, 2.45) is 0 Å². The summed E-state index contributed by atoms with van der Waals surface area (Å²) in [5.41, 5.74) is 0.729. The minimum atomic E-state index is -1.02. The van der Waals surface area contributed by atoms with Crippen LogP contribution in [-0.2, 0) is 6.42 Å². The lowest BCUT2D eigenvalue weighted by Crippen LogP contribution is -2.00. The van der Waals surface area contributed by atoms with Gasteiger partial charge in [-0.3, -0.25) is 0 Å². The first-order valence-electron chi connectivity index (χ1n) is 3.92. The van der Waals surface area contributed by atoms with E-state index >= 15 is 0 Å². The summed E-state index contributed by atoms with van der Waals surface area (Å²) in [4.78, 5) is 10.5. The molecule has 66 valence electrons. The molecule has 1 aromatic heterocycles. The van der Waals surface area contributed by atoms with Gasteiger partial charge in [0.05, 0.1) is 0 Å². The highest BCUT2D eigenvalue weighted by molar-refractivity contribution is 5.86. The number of aryl methyl sites for hydroxylation is 1. The number of nitrogens with zero attached hydrogens (tertiary/aromatic N) is 1. The maximum Gasteiger partial charge on any atom is 0.358 e. The van der Waals surface area contributed by atoms with Gasteiger partial charge in [0, 0.05) is 5.56 Å². The zero-order valence-corrected chi connectivity index (χ0v) is 6.91. The van der Waals surface area contributed by atoms with Crippen molar-refractivity contribution in [2.45, 2.75) is 26.2 Å². The van der Waals surface area contributed by atoms with E-state index in [1.807, 2.05) is 6.92 Å². The number of rotatable bonds is 4. The second kappa shape index (κ2) is 3.90. The monoisotopic (exact) mass is 169 g/mol. The summed E-state index contributed by atoms with van der Waals surface area (Å²) in [6, 6.07) is 0. The Morgan fingerprint density at radius 1 is 1.75 bits per heavy atom. The molecule has 0 saturated carbocycles. The van der Waals surface area contributed by atoms with Crippen LogP contribution in [0.1, 0.15) is 35.8 Å². The third-order valence-electron chi connectivity index (χ3n) is 1.65. The summed E-state index contributed by atoms with van der Waals surface area (Å²) in [7, 11) is 0. The average Bonchev–Trinajstić information content (AvgIpc) is 2.48. The number of carbonyl (C=O) groups is 1. The van der Waals surface area contributed by atoms with E-state index in [0.29, 0.717) is 5.56 Å². The average molecular weight is 169 g/mol. The number of carboxylic acid groups (broad SMARTS) is 1. The molecule has 0 aromatic carbocycles. The Kier molecular flexibility index (Phi) is 2.85. The Bertz CT molecular complexity index is 267. The number of unbranched alkanes of at least 4 members (excludes halogenated alkanes) is 1. The molecule has 4 nitrogen and oxygen atoms in total. The Hall–Kier alpha value is -1.32. The first-order valence-corrected chi connectivity index (χ1v) is 3.92. The fraction of sp³-hybridized carbons (Fsp3) is 0.500. The minimum Gasteiger partial charge on any atom is -0.476 e. The predicted octanol–water partition coefficient (Wildman–Crippen LogP) is 1.72. The molecule has 1 rings (SSSR count). The molecule has 12 heavy (non-hydrogen) atoms. The van der Waals surface area contributed by atoms with Crippen molar-refractivity contribution in [1.29, 1.82) is 0 Å². The van der Waals surface area contributed by atoms with Gasteiger partial charge in [0.15, 0.2) is 5.69 Å². The molecule has 0 fully saturated rings. The maximum absolute atomic E-state index is 10.5. The standard InChI is InChI=1S/C8H11NO3/c1-2-3-4-6-5-12-9-7(6)8(10)11/h5H,2-4H2,1H3,(H,10,11). The molecule has 1 aromatic rings. The zero-order chi connectivity index (χ0) is 8.97. The van der Waals surface area contributed by atoms with Gasteiger partial charge in [-0.05, 0) is 12.8 Å². The summed E-state index contributed by atoms with van der Waals surface area (Å²) < 4.78 is 4.57. The van der Waals surface area contributed by atoms with E-state index in [0.717, 1.165) is 19.3 Å². The van der Waals surface area contributed by atoms with Gasteiger partial charge in [-0.25, -0.2) is 4.79 Å². The molecule has 0 aliphatic heterocycles. The highest BCUT2D eigenvalue weighted by Crippen LogP contribution is 2.10. The molecule has 0 spiro atoms. The molecule has 1 N–H and O–H groups in total. The first-order chi connectivity index (χ1) is 5.75. The van der Waals surface area contributed by atoms with Crippen molar-refractivity contribution in [3.8, 4) is 0 Å². The van der Waals surface area contributed by atoms with Gasteiger partial charge in [-0.2, -0.15) is 0 Å². The number of carboxylic acids is 1. The van der Waals surface area contributed by atoms with E-state index in [2.05, 4.69) is 9.68 Å². The molecule has 0 aliphatic carbocycles. The van der Waals surface area contributed by atoms with E-state index in [1.54, 1.807) is 0 Å². The molecule has 0 amide bonds. The third kappa shape index (κ3) is 1.84. The smallest absolute Gasteiger partial charge is 0.358 e. The van der Waals surface area contributed by atoms with Gasteiger partial charge < -0.3 is 9.63 Å². The summed E-state index contributed by atoms with van der Waals surface area (Å²) in [6.45, 7) is 2.05. The van der Waals surface area contributed by atoms with Gasteiger partial charge in [0.2, 0.25) is 0 Å². The predicted molar refractivity (Wildman–Crippen MR) is 42.1 cm³/mol. The van der Waals surface area contributed by atoms with Crippen molar-refractivity contribution in [3.63, 3.8) is 0 Å². The van der Waals surface area contributed by atoms with Gasteiger partial charge in [-0.15, -0.1) is 0 Å². The fourth-order valence-corrected chi connectivity index (χ4v) is 0.978. The second-order valence-corrected chi connectivity index (χ2v) is 2.60. The van der Waals surface area contributed by atoms with Crippen LogP contribution in [0.15, 0.2) is 10.8 Å². The van der Waals surface area contributed by atoms with Crippen LogP contribution in [0.4, 0.5) is 0 Å². The van der Waals surface area contributed by atoms with Crippen LogP contribution in [0.2, 0.25) is 0 Å². The molecule has 0 unspecified atom stereocenters. The summed E-state index contributed by atoms with van der Waals surface area (Å²) in [5.74, 6) is -1.02. The largest absolute Gasteiger partial charge is 0.476 e. The molecule has 4 heteroatoms. The number of aromatic carboxylic acids is 1. The van der Waals surface area contributed by atoms with Crippen molar-refractivity contribution >= 4 is 5.97 Å². The van der Waals surface area contributed by atoms with E-state index in [1.165, 1.54) is 6.26 Å². The molecule has 0 saturated heterocycles. The normalized spacial score (nSPS) is 10.1. The van der Waals surface area contributed by atoms with Crippen LogP contribution < -0.4 is 0 Å². The molecule has 1 heterocycles. The molecule has 0 aliphatic rings. The van der Waals surface area contributed by atoms with E-state index < -0.39 is 5.97 Å². The van der Waals surface area contributed by atoms with Crippen LogP contribution in [0.5, 0.6) is 0 Å². The Balaban J connectivity index is 2.70. The SMILES string of the molecule is CCCCc1conc1C(=O)O. The van der Waals surface area contributed by atoms with E-state index in [9.17, 15) is 4.79 Å². The third-order valence-corrected chi connectivity index (χ3v) is 1.65. The maximum atomic E-state index is 10.5. The second-order valence-electron chi connectivity index (χ2n) is 2.60. The molecular weight excluding hydrogens is 158 g/mol. The van der Waals surface area contributed by atoms with Crippen LogP contribution in [0.3, 0.4) is 0 Å². The van der Waals surface area contributed by atoms with Gasteiger partial charge >= 0.3 is 5.97 Å². The Labute approximate surface area is 70.2 Å². The van der Waals surface area contributed by atoms with Crippen molar-refractivity contribution in [2.75, 3.05) is 0 Å². The van der Waals surface area contributed by atoms with E-state index in [-0.39, 0.29) is 5.69 Å². The molecular formula is C8H11NO3. The lowest BCUT2D eigenvalue weighted by atomic mass is 10.1. The van der Waals surface area contributed by atoms with Gasteiger partial charge in [0.25, 0.3) is 0 Å².